The number of H-pyrrole nitrogens is 1. The van der Waals surface area contributed by atoms with Crippen molar-refractivity contribution in [2.45, 2.75) is 58.4 Å². The average Bonchev–Trinajstić information content (AvgIpc) is 2.64. The van der Waals surface area contributed by atoms with Crippen LogP contribution in [0.2, 0.25) is 0 Å². The number of carbonyl (C=O) groups is 1. The lowest BCUT2D eigenvalue weighted by Gasteiger charge is -2.36. The van der Waals surface area contributed by atoms with Gasteiger partial charge in [0.05, 0.1) is 6.42 Å². The zero-order chi connectivity index (χ0) is 19.4. The lowest BCUT2D eigenvalue weighted by atomic mass is 9.95. The lowest BCUT2D eigenvalue weighted by molar-refractivity contribution is -0.134. The molecular formula is C21H27N3O3. The summed E-state index contributed by atoms with van der Waals surface area (Å²) in [6.07, 6.45) is 4.96. The third-order valence-electron chi connectivity index (χ3n) is 5.32. The van der Waals surface area contributed by atoms with E-state index in [4.69, 9.17) is 0 Å². The van der Waals surface area contributed by atoms with Gasteiger partial charge in [-0.1, -0.05) is 12.1 Å². The fourth-order valence-electron chi connectivity index (χ4n) is 3.84. The number of aromatic amines is 1. The van der Waals surface area contributed by atoms with E-state index >= 15 is 0 Å². The molecule has 1 amide bonds. The summed E-state index contributed by atoms with van der Waals surface area (Å²) in [4.78, 5) is 34.1. The molecule has 2 heterocycles. The Kier molecular flexibility index (Phi) is 5.94. The second-order valence-electron chi connectivity index (χ2n) is 7.33. The first-order chi connectivity index (χ1) is 12.9. The number of piperidine rings is 1. The summed E-state index contributed by atoms with van der Waals surface area (Å²) in [5, 5.41) is 9.40. The summed E-state index contributed by atoms with van der Waals surface area (Å²) in [6, 6.07) is 7.42. The third kappa shape index (κ3) is 4.76. The van der Waals surface area contributed by atoms with Crippen LogP contribution < -0.4 is 5.56 Å². The number of amides is 1. The van der Waals surface area contributed by atoms with Crippen LogP contribution in [0.25, 0.3) is 0 Å². The second kappa shape index (κ2) is 8.37. The number of likely N-dealkylation sites (tertiary alicyclic amines) is 1. The monoisotopic (exact) mass is 369 g/mol. The SMILES string of the molecule is Cc1nc(C)c(CC(=O)N2CCCC[C@@H]2CCc2ccc(O)cc2)c(=O)[nH]1. The number of hydrogen-bond donors (Lipinski definition) is 2. The molecule has 6 heteroatoms. The van der Waals surface area contributed by atoms with Crippen LogP contribution in [-0.2, 0) is 17.6 Å². The molecule has 1 aromatic carbocycles. The van der Waals surface area contributed by atoms with Gasteiger partial charge in [-0.2, -0.15) is 0 Å². The summed E-state index contributed by atoms with van der Waals surface area (Å²) >= 11 is 0. The Morgan fingerprint density at radius 1 is 1.26 bits per heavy atom. The molecule has 1 fully saturated rings. The maximum absolute atomic E-state index is 12.9. The number of phenols is 1. The Morgan fingerprint density at radius 3 is 2.70 bits per heavy atom. The number of hydrogen-bond acceptors (Lipinski definition) is 4. The number of nitrogens with one attached hydrogen (secondary N) is 1. The fraction of sp³-hybridized carbons (Fsp3) is 0.476. The molecule has 2 aromatic rings. The number of carbonyl (C=O) groups excluding carboxylic acids is 1. The molecule has 0 saturated carbocycles. The van der Waals surface area contributed by atoms with Crippen molar-refractivity contribution in [3.63, 3.8) is 0 Å². The number of aryl methyl sites for hydroxylation is 3. The first-order valence-corrected chi connectivity index (χ1v) is 9.58. The molecule has 0 aliphatic carbocycles. The number of aromatic hydroxyl groups is 1. The smallest absolute Gasteiger partial charge is 0.254 e. The minimum atomic E-state index is -0.217. The summed E-state index contributed by atoms with van der Waals surface area (Å²) in [7, 11) is 0. The van der Waals surface area contributed by atoms with Gasteiger partial charge in [-0.25, -0.2) is 4.98 Å². The largest absolute Gasteiger partial charge is 0.508 e. The Hall–Kier alpha value is -2.63. The second-order valence-corrected chi connectivity index (χ2v) is 7.33. The highest BCUT2D eigenvalue weighted by molar-refractivity contribution is 5.79. The van der Waals surface area contributed by atoms with Crippen LogP contribution in [0.4, 0.5) is 0 Å². The molecule has 1 aliphatic rings. The van der Waals surface area contributed by atoms with Gasteiger partial charge in [0.15, 0.2) is 0 Å². The minimum absolute atomic E-state index is 0.00431. The van der Waals surface area contributed by atoms with Crippen LogP contribution in [0, 0.1) is 13.8 Å². The molecule has 0 radical (unpaired) electrons. The van der Waals surface area contributed by atoms with E-state index in [1.54, 1.807) is 26.0 Å². The highest BCUT2D eigenvalue weighted by Gasteiger charge is 2.27. The first-order valence-electron chi connectivity index (χ1n) is 9.58. The van der Waals surface area contributed by atoms with Gasteiger partial charge in [-0.3, -0.25) is 9.59 Å². The van der Waals surface area contributed by atoms with Gasteiger partial charge in [-0.15, -0.1) is 0 Å². The molecule has 1 aromatic heterocycles. The number of benzene rings is 1. The number of phenolic OH excluding ortho intramolecular Hbond substituents is 1. The zero-order valence-corrected chi connectivity index (χ0v) is 16.0. The van der Waals surface area contributed by atoms with E-state index in [1.165, 1.54) is 0 Å². The Bertz CT molecular complexity index is 858. The van der Waals surface area contributed by atoms with Gasteiger partial charge in [0.1, 0.15) is 11.6 Å². The highest BCUT2D eigenvalue weighted by atomic mass is 16.3. The predicted octanol–water partition coefficient (Wildman–Crippen LogP) is 2.65. The Balaban J connectivity index is 1.68. The van der Waals surface area contributed by atoms with Gasteiger partial charge in [0.25, 0.3) is 5.56 Å². The van der Waals surface area contributed by atoms with Gasteiger partial charge < -0.3 is 15.0 Å². The van der Waals surface area contributed by atoms with Gasteiger partial charge >= 0.3 is 0 Å². The van der Waals surface area contributed by atoms with Crippen LogP contribution in [0.3, 0.4) is 0 Å². The molecule has 3 rings (SSSR count). The van der Waals surface area contributed by atoms with Crippen molar-refractivity contribution in [2.75, 3.05) is 6.54 Å². The molecule has 0 unspecified atom stereocenters. The first kappa shape index (κ1) is 19.1. The number of aromatic nitrogens is 2. The summed E-state index contributed by atoms with van der Waals surface area (Å²) < 4.78 is 0. The van der Waals surface area contributed by atoms with E-state index in [1.807, 2.05) is 17.0 Å². The molecule has 2 N–H and O–H groups in total. The molecule has 1 atom stereocenters. The van der Waals surface area contributed by atoms with E-state index in [2.05, 4.69) is 9.97 Å². The molecule has 6 nitrogen and oxygen atoms in total. The van der Waals surface area contributed by atoms with Crippen LogP contribution in [0.15, 0.2) is 29.1 Å². The van der Waals surface area contributed by atoms with Crippen molar-refractivity contribution in [1.82, 2.24) is 14.9 Å². The van der Waals surface area contributed by atoms with E-state index in [-0.39, 0.29) is 29.7 Å². The average molecular weight is 369 g/mol. The van der Waals surface area contributed by atoms with Crippen LogP contribution >= 0.6 is 0 Å². The van der Waals surface area contributed by atoms with Crippen LogP contribution in [0.1, 0.15) is 48.3 Å². The normalized spacial score (nSPS) is 17.1. The molecule has 0 bridgehead atoms. The van der Waals surface area contributed by atoms with Crippen molar-refractivity contribution in [3.8, 4) is 5.75 Å². The third-order valence-corrected chi connectivity index (χ3v) is 5.32. The topological polar surface area (TPSA) is 86.3 Å². The zero-order valence-electron chi connectivity index (χ0n) is 16.0. The maximum atomic E-state index is 12.9. The summed E-state index contributed by atoms with van der Waals surface area (Å²) in [5.74, 6) is 0.837. The Morgan fingerprint density at radius 2 is 2.00 bits per heavy atom. The van der Waals surface area contributed by atoms with E-state index in [9.17, 15) is 14.7 Å². The maximum Gasteiger partial charge on any atom is 0.254 e. The van der Waals surface area contributed by atoms with Gasteiger partial charge in [0.2, 0.25) is 5.91 Å². The Labute approximate surface area is 159 Å². The quantitative estimate of drug-likeness (QED) is 0.848. The molecule has 27 heavy (non-hydrogen) atoms. The van der Waals surface area contributed by atoms with E-state index in [0.29, 0.717) is 17.1 Å². The van der Waals surface area contributed by atoms with Crippen molar-refractivity contribution >= 4 is 5.91 Å². The molecule has 144 valence electrons. The van der Waals surface area contributed by atoms with Crippen molar-refractivity contribution < 1.29 is 9.90 Å². The predicted molar refractivity (Wildman–Crippen MR) is 104 cm³/mol. The van der Waals surface area contributed by atoms with E-state index in [0.717, 1.165) is 44.2 Å². The standard InChI is InChI=1S/C21H27N3O3/c1-14-19(21(27)23-15(2)22-14)13-20(26)24-12-4-3-5-17(24)9-6-16-7-10-18(25)11-8-16/h7-8,10-11,17,25H,3-6,9,12-13H2,1-2H3,(H,22,23,27)/t17-/m1/s1. The van der Waals surface area contributed by atoms with Crippen molar-refractivity contribution in [2.24, 2.45) is 0 Å². The lowest BCUT2D eigenvalue weighted by Crippen LogP contribution is -2.45. The van der Waals surface area contributed by atoms with Crippen LogP contribution in [0.5, 0.6) is 5.75 Å². The fourth-order valence-corrected chi connectivity index (χ4v) is 3.84. The van der Waals surface area contributed by atoms with E-state index < -0.39 is 0 Å². The molecule has 0 spiro atoms. The van der Waals surface area contributed by atoms with Crippen molar-refractivity contribution in [3.05, 3.63) is 57.3 Å². The minimum Gasteiger partial charge on any atom is -0.508 e. The number of rotatable bonds is 5. The highest BCUT2D eigenvalue weighted by Crippen LogP contribution is 2.23. The number of nitrogens with zero attached hydrogens (tertiary/aromatic N) is 2. The van der Waals surface area contributed by atoms with Crippen molar-refractivity contribution in [1.29, 1.82) is 0 Å². The van der Waals surface area contributed by atoms with Crippen LogP contribution in [-0.4, -0.2) is 38.5 Å². The molecule has 1 saturated heterocycles. The van der Waals surface area contributed by atoms with Gasteiger partial charge in [-0.05, 0) is 63.6 Å². The summed E-state index contributed by atoms with van der Waals surface area (Å²) in [6.45, 7) is 4.27. The summed E-state index contributed by atoms with van der Waals surface area (Å²) in [5.41, 5.74) is 2.03. The molecular weight excluding hydrogens is 342 g/mol. The molecule has 1 aliphatic heterocycles. The van der Waals surface area contributed by atoms with Gasteiger partial charge in [0, 0.05) is 23.8 Å².